The second-order valence-electron chi connectivity index (χ2n) is 7.50. The summed E-state index contributed by atoms with van der Waals surface area (Å²) in [6.07, 6.45) is 0. The van der Waals surface area contributed by atoms with Crippen molar-refractivity contribution in [3.05, 3.63) is 76.2 Å². The fourth-order valence-corrected chi connectivity index (χ4v) is 4.38. The maximum absolute atomic E-state index is 12.7. The summed E-state index contributed by atoms with van der Waals surface area (Å²) in [7, 11) is 1.57. The van der Waals surface area contributed by atoms with Gasteiger partial charge in [0.1, 0.15) is 11.7 Å². The van der Waals surface area contributed by atoms with Crippen molar-refractivity contribution < 1.29 is 29.0 Å². The molecule has 10 heteroatoms. The summed E-state index contributed by atoms with van der Waals surface area (Å²) in [5, 5.41) is 14.0. The Labute approximate surface area is 199 Å². The Balaban J connectivity index is 1.31. The van der Waals surface area contributed by atoms with E-state index in [0.29, 0.717) is 10.8 Å². The van der Waals surface area contributed by atoms with Gasteiger partial charge in [0.25, 0.3) is 11.8 Å². The molecular formula is C24H21N3O6S. The van der Waals surface area contributed by atoms with Crippen molar-refractivity contribution >= 4 is 40.4 Å². The highest BCUT2D eigenvalue weighted by atomic mass is 32.2. The third-order valence-corrected chi connectivity index (χ3v) is 6.15. The van der Waals surface area contributed by atoms with Gasteiger partial charge in [0.15, 0.2) is 0 Å². The lowest BCUT2D eigenvalue weighted by molar-refractivity contribution is -0.120. The van der Waals surface area contributed by atoms with Crippen LogP contribution in [0.25, 0.3) is 0 Å². The van der Waals surface area contributed by atoms with E-state index in [1.165, 1.54) is 23.9 Å². The maximum Gasteiger partial charge on any atom is 0.335 e. The monoisotopic (exact) mass is 479 g/mol. The molecule has 0 aromatic heterocycles. The summed E-state index contributed by atoms with van der Waals surface area (Å²) < 4.78 is 10.9. The number of amides is 2. The first-order chi connectivity index (χ1) is 16.4. The molecule has 1 unspecified atom stereocenters. The van der Waals surface area contributed by atoms with Crippen molar-refractivity contribution in [2.45, 2.75) is 13.2 Å². The van der Waals surface area contributed by atoms with Crippen LogP contribution < -0.4 is 10.1 Å². The van der Waals surface area contributed by atoms with Crippen molar-refractivity contribution in [2.75, 3.05) is 13.7 Å². The van der Waals surface area contributed by atoms with Crippen LogP contribution in [0.1, 0.15) is 21.5 Å². The van der Waals surface area contributed by atoms with Gasteiger partial charge in [-0.15, -0.1) is 0 Å². The number of aromatic carboxylic acids is 1. The van der Waals surface area contributed by atoms with Gasteiger partial charge in [0, 0.05) is 6.54 Å². The first kappa shape index (κ1) is 23.4. The Morgan fingerprint density at radius 2 is 1.88 bits per heavy atom. The summed E-state index contributed by atoms with van der Waals surface area (Å²) in [5.74, 6) is -2.10. The average Bonchev–Trinajstić information content (AvgIpc) is 3.26. The number of benzene rings is 2. The first-order valence-corrected chi connectivity index (χ1v) is 11.2. The topological polar surface area (TPSA) is 127 Å². The summed E-state index contributed by atoms with van der Waals surface area (Å²) in [5.41, 5.74) is 2.58. The van der Waals surface area contributed by atoms with Crippen LogP contribution in [0.3, 0.4) is 0 Å². The minimum atomic E-state index is -0.989. The standard InChI is InChI=1S/C24H21N3O6S/c1-32-18-4-2-3-15(9-18)10-25-22(29)20-26-21(28)19-17(13-34-23(19)27-20)12-33-11-14-5-7-16(8-6-14)24(30)31/h2-9,13,19H,10-12H2,1H3,(H,25,29)(H,30,31). The van der Waals surface area contributed by atoms with Gasteiger partial charge in [0.2, 0.25) is 5.84 Å². The molecule has 0 fully saturated rings. The number of rotatable bonds is 9. The van der Waals surface area contributed by atoms with Gasteiger partial charge in [0.05, 0.1) is 30.9 Å². The van der Waals surface area contributed by atoms with Gasteiger partial charge in [-0.25, -0.2) is 9.79 Å². The Hall–Kier alpha value is -3.76. The lowest BCUT2D eigenvalue weighted by Crippen LogP contribution is -2.35. The molecule has 2 heterocycles. The predicted octanol–water partition coefficient (Wildman–Crippen LogP) is 2.81. The number of carbonyl (C=O) groups is 3. The van der Waals surface area contributed by atoms with E-state index in [1.54, 1.807) is 30.7 Å². The lowest BCUT2D eigenvalue weighted by atomic mass is 10.0. The van der Waals surface area contributed by atoms with E-state index >= 15 is 0 Å². The average molecular weight is 480 g/mol. The third kappa shape index (κ3) is 5.41. The second kappa shape index (κ2) is 10.4. The summed E-state index contributed by atoms with van der Waals surface area (Å²) in [6.45, 7) is 0.696. The number of hydrogen-bond donors (Lipinski definition) is 2. The zero-order valence-electron chi connectivity index (χ0n) is 18.2. The molecule has 0 saturated carbocycles. The number of amidine groups is 1. The van der Waals surface area contributed by atoms with Crippen LogP contribution in [0.15, 0.2) is 69.5 Å². The van der Waals surface area contributed by atoms with Crippen LogP contribution in [0, 0.1) is 5.92 Å². The molecule has 2 aromatic carbocycles. The van der Waals surface area contributed by atoms with Crippen LogP contribution in [0.2, 0.25) is 0 Å². The minimum absolute atomic E-state index is 0.166. The quantitative estimate of drug-likeness (QED) is 0.566. The van der Waals surface area contributed by atoms with Crippen LogP contribution >= 0.6 is 11.8 Å². The molecule has 2 aliphatic heterocycles. The molecule has 9 nitrogen and oxygen atoms in total. The molecule has 0 saturated heterocycles. The third-order valence-electron chi connectivity index (χ3n) is 5.16. The summed E-state index contributed by atoms with van der Waals surface area (Å²) in [6, 6.07) is 13.7. The predicted molar refractivity (Wildman–Crippen MR) is 127 cm³/mol. The molecule has 2 N–H and O–H groups in total. The number of hydrogen-bond acceptors (Lipinski definition) is 7. The van der Waals surface area contributed by atoms with Crippen molar-refractivity contribution in [3.63, 3.8) is 0 Å². The van der Waals surface area contributed by atoms with Crippen molar-refractivity contribution in [3.8, 4) is 5.75 Å². The van der Waals surface area contributed by atoms with Crippen LogP contribution in [-0.4, -0.2) is 47.5 Å². The van der Waals surface area contributed by atoms with Crippen LogP contribution in [0.5, 0.6) is 5.75 Å². The normalized spacial score (nSPS) is 16.8. The maximum atomic E-state index is 12.7. The van der Waals surface area contributed by atoms with E-state index in [9.17, 15) is 14.4 Å². The van der Waals surface area contributed by atoms with Crippen molar-refractivity contribution in [2.24, 2.45) is 15.9 Å². The summed E-state index contributed by atoms with van der Waals surface area (Å²) in [4.78, 5) is 44.3. The number of carboxylic acids is 1. The van der Waals surface area contributed by atoms with Crippen molar-refractivity contribution in [1.29, 1.82) is 0 Å². The number of nitrogens with one attached hydrogen (secondary N) is 1. The number of ether oxygens (including phenoxy) is 2. The van der Waals surface area contributed by atoms with Gasteiger partial charge in [-0.2, -0.15) is 4.99 Å². The van der Waals surface area contributed by atoms with Gasteiger partial charge in [-0.1, -0.05) is 36.0 Å². The Bertz CT molecular complexity index is 1220. The van der Waals surface area contributed by atoms with E-state index in [1.807, 2.05) is 18.2 Å². The lowest BCUT2D eigenvalue weighted by Gasteiger charge is -2.17. The van der Waals surface area contributed by atoms with Crippen LogP contribution in [-0.2, 0) is 27.5 Å². The number of carboxylic acid groups (broad SMARTS) is 1. The second-order valence-corrected chi connectivity index (χ2v) is 8.39. The van der Waals surface area contributed by atoms with Gasteiger partial charge in [-0.3, -0.25) is 9.59 Å². The molecular weight excluding hydrogens is 458 g/mol. The fourth-order valence-electron chi connectivity index (χ4n) is 3.38. The molecule has 0 radical (unpaired) electrons. The van der Waals surface area contributed by atoms with E-state index in [0.717, 1.165) is 16.7 Å². The number of aliphatic imine (C=N–C) groups is 2. The van der Waals surface area contributed by atoms with Gasteiger partial charge in [-0.05, 0) is 46.4 Å². The van der Waals surface area contributed by atoms with Gasteiger partial charge >= 0.3 is 5.97 Å². The molecule has 0 spiro atoms. The van der Waals surface area contributed by atoms with Crippen LogP contribution in [0.4, 0.5) is 0 Å². The zero-order valence-corrected chi connectivity index (χ0v) is 19.0. The molecule has 1 atom stereocenters. The van der Waals surface area contributed by atoms with E-state index in [2.05, 4.69) is 15.3 Å². The minimum Gasteiger partial charge on any atom is -0.497 e. The molecule has 2 amide bonds. The molecule has 174 valence electrons. The zero-order chi connectivity index (χ0) is 24.1. The largest absolute Gasteiger partial charge is 0.497 e. The number of nitrogens with zero attached hydrogens (tertiary/aromatic N) is 2. The highest BCUT2D eigenvalue weighted by molar-refractivity contribution is 8.17. The summed E-state index contributed by atoms with van der Waals surface area (Å²) >= 11 is 1.27. The molecule has 34 heavy (non-hydrogen) atoms. The van der Waals surface area contributed by atoms with E-state index in [4.69, 9.17) is 14.6 Å². The highest BCUT2D eigenvalue weighted by Gasteiger charge is 2.37. The van der Waals surface area contributed by atoms with E-state index < -0.39 is 23.7 Å². The first-order valence-electron chi connectivity index (χ1n) is 10.3. The number of thioether (sulfide) groups is 1. The molecule has 0 bridgehead atoms. The smallest absolute Gasteiger partial charge is 0.335 e. The fraction of sp³-hybridized carbons (Fsp3) is 0.208. The molecule has 2 aromatic rings. The highest BCUT2D eigenvalue weighted by Crippen LogP contribution is 2.34. The molecule has 0 aliphatic carbocycles. The Morgan fingerprint density at radius 3 is 2.62 bits per heavy atom. The number of fused-ring (bicyclic) bond motifs is 1. The van der Waals surface area contributed by atoms with Gasteiger partial charge < -0.3 is 19.9 Å². The van der Waals surface area contributed by atoms with E-state index in [-0.39, 0.29) is 31.2 Å². The number of carbonyl (C=O) groups excluding carboxylic acids is 2. The Kier molecular flexibility index (Phi) is 7.19. The molecule has 2 aliphatic rings. The van der Waals surface area contributed by atoms with Crippen molar-refractivity contribution in [1.82, 2.24) is 5.32 Å². The Morgan fingerprint density at radius 1 is 1.09 bits per heavy atom. The molecule has 4 rings (SSSR count). The SMILES string of the molecule is COc1cccc(CNC(=O)C2=NC(=O)C3C(COCc4ccc(C(=O)O)cc4)=CSC3=N2)c1. The number of methoxy groups -OCH3 is 1.